The van der Waals surface area contributed by atoms with Gasteiger partial charge in [-0.3, -0.25) is 9.69 Å². The molecule has 0 radical (unpaired) electrons. The Hall–Kier alpha value is -3.55. The fourth-order valence-corrected chi connectivity index (χ4v) is 3.62. The quantitative estimate of drug-likeness (QED) is 0.658. The zero-order valence-corrected chi connectivity index (χ0v) is 16.7. The van der Waals surface area contributed by atoms with Gasteiger partial charge in [0.15, 0.2) is 23.1 Å². The molecule has 1 aromatic carbocycles. The molecule has 0 N–H and O–H groups in total. The van der Waals surface area contributed by atoms with Gasteiger partial charge in [-0.05, 0) is 37.1 Å². The molecule has 0 aliphatic carbocycles. The molecule has 0 saturated carbocycles. The van der Waals surface area contributed by atoms with E-state index in [9.17, 15) is 4.79 Å². The molecule has 8 nitrogen and oxygen atoms in total. The van der Waals surface area contributed by atoms with Crippen molar-refractivity contribution < 1.29 is 14.3 Å². The van der Waals surface area contributed by atoms with Gasteiger partial charge in [-0.15, -0.1) is 0 Å². The highest BCUT2D eigenvalue weighted by Gasteiger charge is 2.39. The maximum atomic E-state index is 13.3. The van der Waals surface area contributed by atoms with Gasteiger partial charge in [-0.25, -0.2) is 19.9 Å². The Labute approximate surface area is 168 Å². The van der Waals surface area contributed by atoms with E-state index in [1.165, 1.54) is 0 Å². The highest BCUT2D eigenvalue weighted by atomic mass is 16.5. The van der Waals surface area contributed by atoms with E-state index >= 15 is 0 Å². The summed E-state index contributed by atoms with van der Waals surface area (Å²) in [6, 6.07) is 6.96. The normalized spacial score (nSPS) is 15.4. The smallest absolute Gasteiger partial charge is 0.260 e. The number of amides is 1. The Kier molecular flexibility index (Phi) is 4.84. The number of methoxy groups -OCH3 is 2. The Morgan fingerprint density at radius 1 is 1.00 bits per heavy atom. The van der Waals surface area contributed by atoms with Gasteiger partial charge in [0.2, 0.25) is 0 Å². The van der Waals surface area contributed by atoms with Crippen LogP contribution in [0.1, 0.15) is 41.0 Å². The summed E-state index contributed by atoms with van der Waals surface area (Å²) in [5.74, 6) is 2.30. The van der Waals surface area contributed by atoms with Crippen molar-refractivity contribution in [2.24, 2.45) is 0 Å². The Morgan fingerprint density at radius 3 is 2.34 bits per heavy atom. The van der Waals surface area contributed by atoms with Crippen molar-refractivity contribution in [1.82, 2.24) is 19.9 Å². The second-order valence-corrected chi connectivity index (χ2v) is 6.66. The molecule has 1 aliphatic rings. The first-order valence-corrected chi connectivity index (χ1v) is 9.30. The zero-order chi connectivity index (χ0) is 20.5. The first-order chi connectivity index (χ1) is 14.1. The van der Waals surface area contributed by atoms with E-state index in [0.717, 1.165) is 11.3 Å². The number of hydrogen-bond donors (Lipinski definition) is 0. The number of nitrogens with zero attached hydrogens (tertiary/aromatic N) is 5. The lowest BCUT2D eigenvalue weighted by atomic mass is 10.0. The third-order valence-electron chi connectivity index (χ3n) is 4.92. The van der Waals surface area contributed by atoms with Crippen LogP contribution < -0.4 is 14.4 Å². The van der Waals surface area contributed by atoms with Crippen molar-refractivity contribution >= 4 is 11.7 Å². The Balaban J connectivity index is 1.83. The lowest BCUT2D eigenvalue weighted by Crippen LogP contribution is -2.28. The van der Waals surface area contributed by atoms with Gasteiger partial charge < -0.3 is 9.47 Å². The molecule has 1 amide bonds. The van der Waals surface area contributed by atoms with Crippen LogP contribution in [0.4, 0.5) is 5.82 Å². The van der Waals surface area contributed by atoms with Crippen molar-refractivity contribution in [1.29, 1.82) is 0 Å². The van der Waals surface area contributed by atoms with E-state index in [0.29, 0.717) is 40.9 Å². The summed E-state index contributed by atoms with van der Waals surface area (Å²) in [7, 11) is 3.14. The molecule has 0 bridgehead atoms. The third-order valence-corrected chi connectivity index (χ3v) is 4.92. The highest BCUT2D eigenvalue weighted by Crippen LogP contribution is 2.43. The van der Waals surface area contributed by atoms with Gasteiger partial charge in [0.1, 0.15) is 5.82 Å². The first-order valence-electron chi connectivity index (χ1n) is 9.30. The number of benzene rings is 1. The summed E-state index contributed by atoms with van der Waals surface area (Å²) in [4.78, 5) is 32.5. The molecule has 1 atom stereocenters. The van der Waals surface area contributed by atoms with Crippen LogP contribution in [0.25, 0.3) is 11.6 Å². The summed E-state index contributed by atoms with van der Waals surface area (Å²) in [6.45, 7) is 3.89. The number of aromatic nitrogens is 4. The molecule has 2 aromatic heterocycles. The zero-order valence-electron chi connectivity index (χ0n) is 16.7. The SMILES string of the molecule is CC[C@H]1c2cc(OC)c(OC)cc2C(=O)N1c1cc(C)nc(-c2ncccn2)n1. The van der Waals surface area contributed by atoms with Crippen LogP contribution in [0.2, 0.25) is 0 Å². The monoisotopic (exact) mass is 391 g/mol. The molecule has 3 aromatic rings. The molecule has 29 heavy (non-hydrogen) atoms. The van der Waals surface area contributed by atoms with Gasteiger partial charge in [-0.2, -0.15) is 0 Å². The number of anilines is 1. The molecule has 4 rings (SSSR count). The van der Waals surface area contributed by atoms with E-state index in [1.54, 1.807) is 49.7 Å². The van der Waals surface area contributed by atoms with Crippen LogP contribution in [0.15, 0.2) is 36.7 Å². The van der Waals surface area contributed by atoms with Crippen LogP contribution in [0.5, 0.6) is 11.5 Å². The second-order valence-electron chi connectivity index (χ2n) is 6.66. The van der Waals surface area contributed by atoms with Crippen LogP contribution in [0, 0.1) is 6.92 Å². The van der Waals surface area contributed by atoms with Crippen molar-refractivity contribution in [2.75, 3.05) is 19.1 Å². The maximum Gasteiger partial charge on any atom is 0.260 e. The van der Waals surface area contributed by atoms with E-state index in [1.807, 2.05) is 19.9 Å². The number of carbonyl (C=O) groups excluding carboxylic acids is 1. The van der Waals surface area contributed by atoms with Crippen molar-refractivity contribution in [2.45, 2.75) is 26.3 Å². The molecule has 0 saturated heterocycles. The Morgan fingerprint density at radius 2 is 1.69 bits per heavy atom. The largest absolute Gasteiger partial charge is 0.493 e. The average Bonchev–Trinajstić information content (AvgIpc) is 3.03. The lowest BCUT2D eigenvalue weighted by Gasteiger charge is -2.24. The summed E-state index contributed by atoms with van der Waals surface area (Å²) < 4.78 is 10.8. The van der Waals surface area contributed by atoms with E-state index in [-0.39, 0.29) is 11.9 Å². The molecular formula is C21H21N5O3. The first kappa shape index (κ1) is 18.8. The molecule has 0 spiro atoms. The van der Waals surface area contributed by atoms with Gasteiger partial charge in [0, 0.05) is 29.7 Å². The summed E-state index contributed by atoms with van der Waals surface area (Å²) in [5.41, 5.74) is 2.21. The number of aryl methyl sites for hydroxylation is 1. The number of carbonyl (C=O) groups is 1. The number of hydrogen-bond acceptors (Lipinski definition) is 7. The van der Waals surface area contributed by atoms with E-state index in [2.05, 4.69) is 19.9 Å². The van der Waals surface area contributed by atoms with Crippen LogP contribution in [-0.2, 0) is 0 Å². The van der Waals surface area contributed by atoms with E-state index in [4.69, 9.17) is 9.47 Å². The van der Waals surface area contributed by atoms with Gasteiger partial charge >= 0.3 is 0 Å². The molecule has 3 heterocycles. The third kappa shape index (κ3) is 3.16. The van der Waals surface area contributed by atoms with Crippen LogP contribution in [-0.4, -0.2) is 40.1 Å². The lowest BCUT2D eigenvalue weighted by molar-refractivity contribution is 0.0989. The minimum absolute atomic E-state index is 0.133. The predicted octanol–water partition coefficient (Wildman–Crippen LogP) is 3.37. The minimum atomic E-state index is -0.170. The summed E-state index contributed by atoms with van der Waals surface area (Å²) >= 11 is 0. The van der Waals surface area contributed by atoms with E-state index < -0.39 is 0 Å². The summed E-state index contributed by atoms with van der Waals surface area (Å²) in [6.07, 6.45) is 3.99. The number of fused-ring (bicyclic) bond motifs is 1. The topological polar surface area (TPSA) is 90.3 Å². The average molecular weight is 391 g/mol. The predicted molar refractivity (Wildman–Crippen MR) is 107 cm³/mol. The van der Waals surface area contributed by atoms with Gasteiger partial charge in [-0.1, -0.05) is 6.92 Å². The van der Waals surface area contributed by atoms with Gasteiger partial charge in [0.25, 0.3) is 5.91 Å². The fraction of sp³-hybridized carbons (Fsp3) is 0.286. The number of ether oxygens (including phenoxy) is 2. The van der Waals surface area contributed by atoms with Crippen molar-refractivity contribution in [3.8, 4) is 23.1 Å². The summed E-state index contributed by atoms with van der Waals surface area (Å²) in [5, 5.41) is 0. The van der Waals surface area contributed by atoms with Crippen molar-refractivity contribution in [3.05, 3.63) is 53.5 Å². The molecule has 0 fully saturated rings. The molecule has 8 heteroatoms. The van der Waals surface area contributed by atoms with Crippen LogP contribution in [0.3, 0.4) is 0 Å². The molecule has 148 valence electrons. The second kappa shape index (κ2) is 7.46. The maximum absolute atomic E-state index is 13.3. The van der Waals surface area contributed by atoms with Crippen molar-refractivity contribution in [3.63, 3.8) is 0 Å². The Bertz CT molecular complexity index is 1070. The molecular weight excluding hydrogens is 370 g/mol. The minimum Gasteiger partial charge on any atom is -0.493 e. The van der Waals surface area contributed by atoms with Crippen LogP contribution >= 0.6 is 0 Å². The van der Waals surface area contributed by atoms with Gasteiger partial charge in [0.05, 0.1) is 20.3 Å². The number of rotatable bonds is 5. The standard InChI is InChI=1S/C21H21N5O3/c1-5-15-13-10-16(28-3)17(29-4)11-14(13)21(27)26(15)18-9-12(2)24-20(25-18)19-22-7-6-8-23-19/h6-11,15H,5H2,1-4H3/t15-/m0/s1. The molecule has 1 aliphatic heterocycles. The molecule has 0 unspecified atom stereocenters. The highest BCUT2D eigenvalue weighted by molar-refractivity contribution is 6.11. The fourth-order valence-electron chi connectivity index (χ4n) is 3.62.